The maximum absolute atomic E-state index is 9.94. The van der Waals surface area contributed by atoms with E-state index in [0.717, 1.165) is 17.0 Å². The van der Waals surface area contributed by atoms with E-state index in [9.17, 15) is 10.2 Å². The molecular formula is C17H22N2O3. The average Bonchev–Trinajstić information content (AvgIpc) is 2.51. The van der Waals surface area contributed by atoms with Gasteiger partial charge in [-0.25, -0.2) is 0 Å². The SMILES string of the molecule is COc1ccccc1CN(CCO)Cc1nc(C)ccc1O. The number of ether oxygens (including phenoxy) is 1. The van der Waals surface area contributed by atoms with E-state index >= 15 is 0 Å². The van der Waals surface area contributed by atoms with Gasteiger partial charge in [0.1, 0.15) is 11.5 Å². The zero-order valence-electron chi connectivity index (χ0n) is 13.0. The Bertz CT molecular complexity index is 617. The Morgan fingerprint density at radius 2 is 1.91 bits per heavy atom. The van der Waals surface area contributed by atoms with Gasteiger partial charge in [-0.3, -0.25) is 9.88 Å². The molecule has 0 saturated carbocycles. The van der Waals surface area contributed by atoms with Crippen molar-refractivity contribution in [1.82, 2.24) is 9.88 Å². The zero-order valence-corrected chi connectivity index (χ0v) is 13.0. The summed E-state index contributed by atoms with van der Waals surface area (Å²) in [4.78, 5) is 6.40. The summed E-state index contributed by atoms with van der Waals surface area (Å²) in [7, 11) is 1.64. The lowest BCUT2D eigenvalue weighted by molar-refractivity contribution is 0.180. The minimum absolute atomic E-state index is 0.0434. The lowest BCUT2D eigenvalue weighted by Crippen LogP contribution is -2.26. The van der Waals surface area contributed by atoms with Crippen molar-refractivity contribution in [3.63, 3.8) is 0 Å². The van der Waals surface area contributed by atoms with Crippen LogP contribution in [0.25, 0.3) is 0 Å². The van der Waals surface area contributed by atoms with E-state index in [-0.39, 0.29) is 12.4 Å². The van der Waals surface area contributed by atoms with Gasteiger partial charge in [-0.2, -0.15) is 0 Å². The molecule has 0 aliphatic carbocycles. The quantitative estimate of drug-likeness (QED) is 0.820. The number of aliphatic hydroxyl groups excluding tert-OH is 1. The van der Waals surface area contributed by atoms with Crippen LogP contribution in [0.1, 0.15) is 17.0 Å². The summed E-state index contributed by atoms with van der Waals surface area (Å²) in [6.07, 6.45) is 0. The fraction of sp³-hybridized carbons (Fsp3) is 0.353. The van der Waals surface area contributed by atoms with Crippen LogP contribution in [0.2, 0.25) is 0 Å². The molecule has 0 unspecified atom stereocenters. The lowest BCUT2D eigenvalue weighted by atomic mass is 10.1. The van der Waals surface area contributed by atoms with Crippen LogP contribution >= 0.6 is 0 Å². The third kappa shape index (κ3) is 4.19. The van der Waals surface area contributed by atoms with E-state index in [2.05, 4.69) is 4.98 Å². The highest BCUT2D eigenvalue weighted by molar-refractivity contribution is 5.33. The Morgan fingerprint density at radius 3 is 2.64 bits per heavy atom. The van der Waals surface area contributed by atoms with Crippen LogP contribution in [-0.2, 0) is 13.1 Å². The number of hydrogen-bond donors (Lipinski definition) is 2. The second kappa shape index (κ2) is 7.77. The molecule has 0 spiro atoms. The molecule has 1 heterocycles. The number of benzene rings is 1. The number of aromatic hydroxyl groups is 1. The molecule has 2 rings (SSSR count). The summed E-state index contributed by atoms with van der Waals surface area (Å²) >= 11 is 0. The topological polar surface area (TPSA) is 65.8 Å². The molecule has 0 aliphatic heterocycles. The molecule has 5 nitrogen and oxygen atoms in total. The van der Waals surface area contributed by atoms with Crippen molar-refractivity contribution in [2.75, 3.05) is 20.3 Å². The Morgan fingerprint density at radius 1 is 1.14 bits per heavy atom. The largest absolute Gasteiger partial charge is 0.506 e. The van der Waals surface area contributed by atoms with Crippen molar-refractivity contribution in [3.8, 4) is 11.5 Å². The molecule has 0 radical (unpaired) electrons. The number of para-hydroxylation sites is 1. The first kappa shape index (κ1) is 16.3. The van der Waals surface area contributed by atoms with Crippen molar-refractivity contribution in [3.05, 3.63) is 53.3 Å². The van der Waals surface area contributed by atoms with Gasteiger partial charge in [0.05, 0.1) is 19.4 Å². The maximum atomic E-state index is 9.94. The second-order valence-corrected chi connectivity index (χ2v) is 5.16. The zero-order chi connectivity index (χ0) is 15.9. The highest BCUT2D eigenvalue weighted by Crippen LogP contribution is 2.22. The molecule has 0 saturated heterocycles. The molecule has 0 bridgehead atoms. The van der Waals surface area contributed by atoms with Gasteiger partial charge in [0, 0.05) is 30.9 Å². The van der Waals surface area contributed by atoms with Crippen molar-refractivity contribution in [2.45, 2.75) is 20.0 Å². The number of nitrogens with zero attached hydrogens (tertiary/aromatic N) is 2. The van der Waals surface area contributed by atoms with Crippen LogP contribution in [0.15, 0.2) is 36.4 Å². The Hall–Kier alpha value is -2.11. The molecular weight excluding hydrogens is 280 g/mol. The summed E-state index contributed by atoms with van der Waals surface area (Å²) in [5.41, 5.74) is 2.50. The predicted molar refractivity (Wildman–Crippen MR) is 84.8 cm³/mol. The molecule has 0 amide bonds. The lowest BCUT2D eigenvalue weighted by Gasteiger charge is -2.22. The fourth-order valence-corrected chi connectivity index (χ4v) is 2.36. The van der Waals surface area contributed by atoms with Gasteiger partial charge in [-0.15, -0.1) is 0 Å². The standard InChI is InChI=1S/C17H22N2O3/c1-13-7-8-16(21)15(18-13)12-19(9-10-20)11-14-5-3-4-6-17(14)22-2/h3-8,20-21H,9-12H2,1-2H3. The monoisotopic (exact) mass is 302 g/mol. The highest BCUT2D eigenvalue weighted by atomic mass is 16.5. The maximum Gasteiger partial charge on any atom is 0.138 e. The molecule has 2 aromatic rings. The van der Waals surface area contributed by atoms with E-state index in [4.69, 9.17) is 4.74 Å². The van der Waals surface area contributed by atoms with Gasteiger partial charge in [-0.05, 0) is 25.1 Å². The molecule has 0 aliphatic rings. The van der Waals surface area contributed by atoms with Crippen molar-refractivity contribution in [1.29, 1.82) is 0 Å². The Labute approximate surface area is 130 Å². The van der Waals surface area contributed by atoms with E-state index in [1.807, 2.05) is 36.1 Å². The van der Waals surface area contributed by atoms with Crippen LogP contribution < -0.4 is 4.74 Å². The molecule has 118 valence electrons. The van der Waals surface area contributed by atoms with Crippen LogP contribution in [0, 0.1) is 6.92 Å². The van der Waals surface area contributed by atoms with Gasteiger partial charge in [0.15, 0.2) is 0 Å². The predicted octanol–water partition coefficient (Wildman–Crippen LogP) is 2.10. The Kier molecular flexibility index (Phi) is 5.75. The third-order valence-corrected chi connectivity index (χ3v) is 3.47. The number of aromatic nitrogens is 1. The van der Waals surface area contributed by atoms with Gasteiger partial charge < -0.3 is 14.9 Å². The number of rotatable bonds is 7. The molecule has 0 fully saturated rings. The first-order chi connectivity index (χ1) is 10.6. The first-order valence-electron chi connectivity index (χ1n) is 7.24. The van der Waals surface area contributed by atoms with Gasteiger partial charge in [0.2, 0.25) is 0 Å². The summed E-state index contributed by atoms with van der Waals surface area (Å²) in [5.74, 6) is 0.987. The number of aliphatic hydroxyl groups is 1. The third-order valence-electron chi connectivity index (χ3n) is 3.47. The second-order valence-electron chi connectivity index (χ2n) is 5.16. The molecule has 22 heavy (non-hydrogen) atoms. The van der Waals surface area contributed by atoms with Crippen LogP contribution in [0.3, 0.4) is 0 Å². The number of pyridine rings is 1. The van der Waals surface area contributed by atoms with E-state index in [1.54, 1.807) is 19.2 Å². The molecule has 1 aromatic carbocycles. The smallest absolute Gasteiger partial charge is 0.138 e. The summed E-state index contributed by atoms with van der Waals surface area (Å²) in [6, 6.07) is 11.2. The minimum atomic E-state index is 0.0434. The summed E-state index contributed by atoms with van der Waals surface area (Å²) < 4.78 is 5.36. The summed E-state index contributed by atoms with van der Waals surface area (Å²) in [6.45, 7) is 3.50. The van der Waals surface area contributed by atoms with Crippen molar-refractivity contribution >= 4 is 0 Å². The number of methoxy groups -OCH3 is 1. The minimum Gasteiger partial charge on any atom is -0.506 e. The van der Waals surface area contributed by atoms with E-state index in [0.29, 0.717) is 25.3 Å². The average molecular weight is 302 g/mol. The normalized spacial score (nSPS) is 10.9. The Balaban J connectivity index is 2.17. The first-order valence-corrected chi connectivity index (χ1v) is 7.24. The molecule has 1 aromatic heterocycles. The van der Waals surface area contributed by atoms with Crippen molar-refractivity contribution in [2.24, 2.45) is 0 Å². The van der Waals surface area contributed by atoms with Gasteiger partial charge in [0.25, 0.3) is 0 Å². The number of hydrogen-bond acceptors (Lipinski definition) is 5. The van der Waals surface area contributed by atoms with E-state index in [1.165, 1.54) is 0 Å². The molecule has 0 atom stereocenters. The van der Waals surface area contributed by atoms with Crippen LogP contribution in [0.5, 0.6) is 11.5 Å². The van der Waals surface area contributed by atoms with Gasteiger partial charge >= 0.3 is 0 Å². The highest BCUT2D eigenvalue weighted by Gasteiger charge is 2.13. The van der Waals surface area contributed by atoms with E-state index < -0.39 is 0 Å². The fourth-order valence-electron chi connectivity index (χ4n) is 2.36. The van der Waals surface area contributed by atoms with Crippen LogP contribution in [-0.4, -0.2) is 40.4 Å². The van der Waals surface area contributed by atoms with Crippen LogP contribution in [0.4, 0.5) is 0 Å². The van der Waals surface area contributed by atoms with Crippen molar-refractivity contribution < 1.29 is 14.9 Å². The summed E-state index contributed by atoms with van der Waals surface area (Å²) in [5, 5.41) is 19.2. The molecule has 2 N–H and O–H groups in total. The molecule has 5 heteroatoms. The number of aryl methyl sites for hydroxylation is 1. The van der Waals surface area contributed by atoms with Gasteiger partial charge in [-0.1, -0.05) is 18.2 Å².